The smallest absolute Gasteiger partial charge is 0.256 e. The summed E-state index contributed by atoms with van der Waals surface area (Å²) in [6.45, 7) is 8.15. The van der Waals surface area contributed by atoms with Gasteiger partial charge in [-0.15, -0.1) is 0 Å². The number of carbonyl (C=O) groups is 3. The molecule has 0 saturated carbocycles. The number of nitrogens with zero attached hydrogens (tertiary/aromatic N) is 4. The van der Waals surface area contributed by atoms with Crippen molar-refractivity contribution in [3.8, 4) is 0 Å². The summed E-state index contributed by atoms with van der Waals surface area (Å²) < 4.78 is 2.75. The highest BCUT2D eigenvalue weighted by atomic mass is 79.9. The fraction of sp³-hybridized carbons (Fsp3) is 0.480. The van der Waals surface area contributed by atoms with Crippen LogP contribution in [0.15, 0.2) is 41.5 Å². The van der Waals surface area contributed by atoms with E-state index in [0.29, 0.717) is 24.7 Å². The normalized spacial score (nSPS) is 21.1. The van der Waals surface area contributed by atoms with E-state index in [9.17, 15) is 14.4 Å². The maximum absolute atomic E-state index is 13.6. The number of likely N-dealkylation sites (tertiary alicyclic amines) is 1. The second-order valence-corrected chi connectivity index (χ2v) is 10.4. The van der Waals surface area contributed by atoms with Gasteiger partial charge in [0.05, 0.1) is 11.6 Å². The Morgan fingerprint density at radius 2 is 1.91 bits per heavy atom. The van der Waals surface area contributed by atoms with Crippen molar-refractivity contribution in [1.29, 1.82) is 0 Å². The molecule has 34 heavy (non-hydrogen) atoms. The van der Waals surface area contributed by atoms with Gasteiger partial charge in [-0.2, -0.15) is 0 Å². The summed E-state index contributed by atoms with van der Waals surface area (Å²) in [6, 6.07) is 6.22. The minimum Gasteiger partial charge on any atom is -0.348 e. The standard InChI is InChI=1S/C25H30BrN5O3/c1-2-24(33)31-12-18(13-31)27-23(32)16-30-15-21(20-11-17(26)6-7-22(20)30)25(34)29-10-9-28-8-4-3-5-19(28)14-29/h2,6-7,11,15,18-19H,1,3-5,8-10,12-14,16H2,(H,27,32). The van der Waals surface area contributed by atoms with E-state index in [1.54, 1.807) is 4.90 Å². The van der Waals surface area contributed by atoms with Crippen LogP contribution in [0.5, 0.6) is 0 Å². The SMILES string of the molecule is C=CC(=O)N1CC(NC(=O)Cn2cc(C(=O)N3CCN4CCCCC4C3)c3cc(Br)ccc32)C1. The van der Waals surface area contributed by atoms with Crippen LogP contribution in [0.2, 0.25) is 0 Å². The molecule has 3 saturated heterocycles. The predicted octanol–water partition coefficient (Wildman–Crippen LogP) is 2.23. The highest BCUT2D eigenvalue weighted by molar-refractivity contribution is 9.10. The monoisotopic (exact) mass is 527 g/mol. The van der Waals surface area contributed by atoms with E-state index in [0.717, 1.165) is 48.0 Å². The van der Waals surface area contributed by atoms with Crippen LogP contribution in [0.4, 0.5) is 0 Å². The van der Waals surface area contributed by atoms with Gasteiger partial charge in [0.2, 0.25) is 11.8 Å². The molecular weight excluding hydrogens is 498 g/mol. The number of piperidine rings is 1. The van der Waals surface area contributed by atoms with Crippen LogP contribution in [0.25, 0.3) is 10.9 Å². The molecule has 1 N–H and O–H groups in total. The lowest BCUT2D eigenvalue weighted by molar-refractivity contribution is -0.133. The molecular formula is C25H30BrN5O3. The molecule has 3 amide bonds. The lowest BCUT2D eigenvalue weighted by atomic mass is 9.99. The third-order valence-corrected chi connectivity index (χ3v) is 7.74. The van der Waals surface area contributed by atoms with Crippen molar-refractivity contribution in [1.82, 2.24) is 24.6 Å². The van der Waals surface area contributed by atoms with Gasteiger partial charge in [-0.25, -0.2) is 0 Å². The Morgan fingerprint density at radius 1 is 1.09 bits per heavy atom. The van der Waals surface area contributed by atoms with E-state index in [1.165, 1.54) is 18.9 Å². The molecule has 8 nitrogen and oxygen atoms in total. The van der Waals surface area contributed by atoms with Crippen molar-refractivity contribution in [3.05, 3.63) is 47.1 Å². The van der Waals surface area contributed by atoms with E-state index in [4.69, 9.17) is 0 Å². The molecule has 1 aromatic heterocycles. The Bertz CT molecular complexity index is 1140. The van der Waals surface area contributed by atoms with E-state index in [1.807, 2.05) is 33.9 Å². The summed E-state index contributed by atoms with van der Waals surface area (Å²) in [7, 11) is 0. The predicted molar refractivity (Wildman–Crippen MR) is 133 cm³/mol. The zero-order valence-corrected chi connectivity index (χ0v) is 20.8. The number of carbonyl (C=O) groups excluding carboxylic acids is 3. The first kappa shape index (κ1) is 23.1. The first-order chi connectivity index (χ1) is 16.4. The fourth-order valence-corrected chi connectivity index (χ4v) is 5.75. The molecule has 3 aliphatic heterocycles. The van der Waals surface area contributed by atoms with Gasteiger partial charge in [0.25, 0.3) is 5.91 Å². The number of nitrogens with one attached hydrogen (secondary N) is 1. The van der Waals surface area contributed by atoms with Crippen LogP contribution in [0.1, 0.15) is 29.6 Å². The number of rotatable bonds is 5. The third-order valence-electron chi connectivity index (χ3n) is 7.24. The van der Waals surface area contributed by atoms with Crippen LogP contribution < -0.4 is 5.32 Å². The summed E-state index contributed by atoms with van der Waals surface area (Å²) in [6.07, 6.45) is 6.73. The van der Waals surface area contributed by atoms with Crippen LogP contribution >= 0.6 is 15.9 Å². The lowest BCUT2D eigenvalue weighted by Gasteiger charge is -2.44. The Hall–Kier alpha value is -2.65. The number of hydrogen-bond donors (Lipinski definition) is 1. The van der Waals surface area contributed by atoms with Crippen molar-refractivity contribution in [3.63, 3.8) is 0 Å². The van der Waals surface area contributed by atoms with E-state index < -0.39 is 0 Å². The molecule has 9 heteroatoms. The Balaban J connectivity index is 1.31. The van der Waals surface area contributed by atoms with Crippen molar-refractivity contribution in [2.24, 2.45) is 0 Å². The quantitative estimate of drug-likeness (QED) is 0.604. The third kappa shape index (κ3) is 4.51. The summed E-state index contributed by atoms with van der Waals surface area (Å²) in [4.78, 5) is 44.1. The summed E-state index contributed by atoms with van der Waals surface area (Å²) in [5.41, 5.74) is 1.50. The number of aromatic nitrogens is 1. The molecule has 0 bridgehead atoms. The van der Waals surface area contributed by atoms with Gasteiger partial charge >= 0.3 is 0 Å². The number of piperazine rings is 1. The molecule has 1 atom stereocenters. The number of benzene rings is 1. The highest BCUT2D eigenvalue weighted by Gasteiger charge is 2.33. The molecule has 0 aliphatic carbocycles. The Labute approximate surface area is 207 Å². The van der Waals surface area contributed by atoms with Crippen molar-refractivity contribution in [2.45, 2.75) is 37.9 Å². The van der Waals surface area contributed by atoms with E-state index >= 15 is 0 Å². The Kier molecular flexibility index (Phi) is 6.48. The second kappa shape index (κ2) is 9.54. The van der Waals surface area contributed by atoms with Gasteiger partial charge in [0.1, 0.15) is 6.54 Å². The number of hydrogen-bond acceptors (Lipinski definition) is 4. The van der Waals surface area contributed by atoms with Gasteiger partial charge in [-0.05, 0) is 43.7 Å². The van der Waals surface area contributed by atoms with Gasteiger partial charge < -0.3 is 19.7 Å². The van der Waals surface area contributed by atoms with Crippen molar-refractivity contribution < 1.29 is 14.4 Å². The minimum atomic E-state index is -0.134. The molecule has 5 rings (SSSR count). The molecule has 1 aromatic carbocycles. The molecule has 0 spiro atoms. The summed E-state index contributed by atoms with van der Waals surface area (Å²) in [5.74, 6) is -0.222. The van der Waals surface area contributed by atoms with E-state index in [2.05, 4.69) is 32.7 Å². The average molecular weight is 528 g/mol. The van der Waals surface area contributed by atoms with E-state index in [-0.39, 0.29) is 30.3 Å². The first-order valence-electron chi connectivity index (χ1n) is 12.0. The number of fused-ring (bicyclic) bond motifs is 2. The maximum Gasteiger partial charge on any atom is 0.256 e. The molecule has 1 unspecified atom stereocenters. The first-order valence-corrected chi connectivity index (χ1v) is 12.7. The zero-order chi connectivity index (χ0) is 23.8. The molecule has 3 aliphatic rings. The number of halogens is 1. The maximum atomic E-state index is 13.6. The van der Waals surface area contributed by atoms with Gasteiger partial charge in [0.15, 0.2) is 0 Å². The second-order valence-electron chi connectivity index (χ2n) is 9.48. The van der Waals surface area contributed by atoms with Gasteiger partial charge in [-0.3, -0.25) is 19.3 Å². The highest BCUT2D eigenvalue weighted by Crippen LogP contribution is 2.28. The minimum absolute atomic E-state index is 0.0325. The lowest BCUT2D eigenvalue weighted by Crippen LogP contribution is -2.61. The molecule has 3 fully saturated rings. The fourth-order valence-electron chi connectivity index (χ4n) is 5.39. The molecule has 180 valence electrons. The van der Waals surface area contributed by atoms with Crippen molar-refractivity contribution >= 4 is 44.6 Å². The summed E-state index contributed by atoms with van der Waals surface area (Å²) in [5, 5.41) is 3.84. The van der Waals surface area contributed by atoms with Crippen molar-refractivity contribution in [2.75, 3.05) is 39.3 Å². The average Bonchev–Trinajstić information content (AvgIpc) is 3.16. The topological polar surface area (TPSA) is 77.9 Å². The molecule has 2 aromatic rings. The van der Waals surface area contributed by atoms with Crippen LogP contribution in [0.3, 0.4) is 0 Å². The largest absolute Gasteiger partial charge is 0.348 e. The molecule has 4 heterocycles. The zero-order valence-electron chi connectivity index (χ0n) is 19.2. The molecule has 0 radical (unpaired) electrons. The van der Waals surface area contributed by atoms with Gasteiger partial charge in [0, 0.05) is 60.3 Å². The summed E-state index contributed by atoms with van der Waals surface area (Å²) >= 11 is 3.53. The van der Waals surface area contributed by atoms with Crippen LogP contribution in [-0.4, -0.2) is 88.3 Å². The van der Waals surface area contributed by atoms with Crippen LogP contribution in [0, 0.1) is 0 Å². The van der Waals surface area contributed by atoms with Crippen LogP contribution in [-0.2, 0) is 16.1 Å². The van der Waals surface area contributed by atoms with Gasteiger partial charge in [-0.1, -0.05) is 28.9 Å². The number of amides is 3. The Morgan fingerprint density at radius 3 is 2.71 bits per heavy atom.